The highest BCUT2D eigenvalue weighted by molar-refractivity contribution is 9.10. The van der Waals surface area contributed by atoms with E-state index in [1.54, 1.807) is 28.8 Å². The van der Waals surface area contributed by atoms with Crippen molar-refractivity contribution in [2.24, 2.45) is 4.40 Å². The summed E-state index contributed by atoms with van der Waals surface area (Å²) in [6, 6.07) is 6.29. The van der Waals surface area contributed by atoms with Gasteiger partial charge in [0.05, 0.1) is 27.2 Å². The second kappa shape index (κ2) is 7.38. The lowest BCUT2D eigenvalue weighted by molar-refractivity contribution is -0.113. The highest BCUT2D eigenvalue weighted by atomic mass is 79.9. The van der Waals surface area contributed by atoms with Crippen LogP contribution in [0.15, 0.2) is 54.8 Å². The Morgan fingerprint density at radius 1 is 1.33 bits per heavy atom. The summed E-state index contributed by atoms with van der Waals surface area (Å²) in [6.45, 7) is 0. The number of carbonyl (C=O) groups excluding carboxylic acids is 1. The van der Waals surface area contributed by atoms with Crippen LogP contribution in [-0.2, 0) is 4.79 Å². The summed E-state index contributed by atoms with van der Waals surface area (Å²) < 4.78 is 20.6. The number of rotatable bonds is 3. The Morgan fingerprint density at radius 3 is 2.79 bits per heavy atom. The van der Waals surface area contributed by atoms with Crippen LogP contribution in [-0.4, -0.2) is 23.0 Å². The van der Waals surface area contributed by atoms with Crippen LogP contribution in [0.5, 0.6) is 0 Å². The molecule has 0 atom stereocenters. The number of anilines is 1. The molecule has 0 radical (unpaired) electrons. The van der Waals surface area contributed by atoms with Gasteiger partial charge in [-0.25, -0.2) is 4.39 Å². The molecule has 0 bridgehead atoms. The summed E-state index contributed by atoms with van der Waals surface area (Å²) in [7, 11) is 1.77. The zero-order valence-corrected chi connectivity index (χ0v) is 17.0. The average molecular weight is 491 g/mol. The first kappa shape index (κ1) is 17.7. The number of nitrogens with zero attached hydrogens (tertiary/aromatic N) is 2. The van der Waals surface area contributed by atoms with Gasteiger partial charge in [0.25, 0.3) is 5.91 Å². The minimum Gasteiger partial charge on any atom is -0.321 e. The monoisotopic (exact) mass is 489 g/mol. The van der Waals surface area contributed by atoms with Gasteiger partial charge in [0.2, 0.25) is 0 Å². The maximum Gasteiger partial charge on any atom is 0.272 e. The van der Waals surface area contributed by atoms with E-state index in [-0.39, 0.29) is 11.7 Å². The standard InChI is InChI=1S/C15H10Br2FN3OS2/c1-21-13(6-12(20-24-21)14-4-8(16)7-23-14)15(22)19-9-2-3-11(18)10(17)5-9/h2-7H,1H3,(H,19,22). The largest absolute Gasteiger partial charge is 0.321 e. The minimum atomic E-state index is -0.379. The van der Waals surface area contributed by atoms with Crippen molar-refractivity contribution in [1.82, 2.24) is 4.31 Å². The first-order valence-electron chi connectivity index (χ1n) is 6.65. The van der Waals surface area contributed by atoms with Crippen molar-refractivity contribution < 1.29 is 9.18 Å². The van der Waals surface area contributed by atoms with Crippen LogP contribution >= 0.6 is 55.3 Å². The third kappa shape index (κ3) is 3.90. The molecular formula is C15H10Br2FN3OS2. The number of thiophene rings is 1. The number of hydrogen-bond acceptors (Lipinski definition) is 5. The van der Waals surface area contributed by atoms with Crippen molar-refractivity contribution >= 4 is 72.6 Å². The van der Waals surface area contributed by atoms with Gasteiger partial charge in [-0.15, -0.1) is 11.3 Å². The molecule has 1 aliphatic heterocycles. The molecule has 1 aliphatic rings. The smallest absolute Gasteiger partial charge is 0.272 e. The molecule has 0 aliphatic carbocycles. The fourth-order valence-corrected chi connectivity index (χ4v) is 4.35. The van der Waals surface area contributed by atoms with E-state index < -0.39 is 0 Å². The molecule has 1 aromatic heterocycles. The quantitative estimate of drug-likeness (QED) is 0.599. The number of hydrogen-bond donors (Lipinski definition) is 1. The molecular weight excluding hydrogens is 481 g/mol. The summed E-state index contributed by atoms with van der Waals surface area (Å²) in [4.78, 5) is 13.5. The number of nitrogens with one attached hydrogen (secondary N) is 1. The maximum atomic E-state index is 13.3. The number of allylic oxidation sites excluding steroid dienone is 1. The molecule has 0 saturated carbocycles. The summed E-state index contributed by atoms with van der Waals surface area (Å²) in [5.41, 5.74) is 1.71. The Morgan fingerprint density at radius 2 is 2.12 bits per heavy atom. The molecule has 1 aromatic carbocycles. The van der Waals surface area contributed by atoms with Crippen molar-refractivity contribution in [1.29, 1.82) is 0 Å². The molecule has 3 rings (SSSR count). The molecule has 4 nitrogen and oxygen atoms in total. The van der Waals surface area contributed by atoms with E-state index >= 15 is 0 Å². The van der Waals surface area contributed by atoms with E-state index in [2.05, 4.69) is 41.6 Å². The Kier molecular flexibility index (Phi) is 5.43. The maximum absolute atomic E-state index is 13.3. The number of likely N-dealkylation sites (N-methyl/N-ethyl adjacent to an activating group) is 1. The zero-order chi connectivity index (χ0) is 17.3. The molecule has 0 unspecified atom stereocenters. The second-order valence-electron chi connectivity index (χ2n) is 4.80. The van der Waals surface area contributed by atoms with E-state index in [0.717, 1.165) is 15.1 Å². The predicted octanol–water partition coefficient (Wildman–Crippen LogP) is 5.23. The first-order chi connectivity index (χ1) is 11.4. The molecule has 0 fully saturated rings. The van der Waals surface area contributed by atoms with Gasteiger partial charge >= 0.3 is 0 Å². The summed E-state index contributed by atoms with van der Waals surface area (Å²) in [5.74, 6) is -0.665. The molecule has 2 heterocycles. The van der Waals surface area contributed by atoms with Gasteiger partial charge < -0.3 is 5.32 Å². The minimum absolute atomic E-state index is 0.286. The van der Waals surface area contributed by atoms with Gasteiger partial charge in [0.1, 0.15) is 11.5 Å². The van der Waals surface area contributed by atoms with Gasteiger partial charge in [-0.3, -0.25) is 9.10 Å². The number of benzene rings is 1. The molecule has 2 aromatic rings. The molecule has 0 spiro atoms. The van der Waals surface area contributed by atoms with Crippen molar-refractivity contribution in [3.63, 3.8) is 0 Å². The topological polar surface area (TPSA) is 44.7 Å². The Hall–Kier alpha value is -1.16. The third-order valence-corrected chi connectivity index (χ3v) is 6.15. The Bertz CT molecular complexity index is 866. The molecule has 0 saturated heterocycles. The van der Waals surface area contributed by atoms with Crippen LogP contribution in [0.3, 0.4) is 0 Å². The van der Waals surface area contributed by atoms with E-state index in [1.165, 1.54) is 30.3 Å². The van der Waals surface area contributed by atoms with Crippen LogP contribution in [0.25, 0.3) is 0 Å². The van der Waals surface area contributed by atoms with E-state index in [9.17, 15) is 9.18 Å². The predicted molar refractivity (Wildman–Crippen MR) is 105 cm³/mol. The van der Waals surface area contributed by atoms with Gasteiger partial charge in [-0.1, -0.05) is 0 Å². The van der Waals surface area contributed by atoms with Crippen LogP contribution in [0.4, 0.5) is 10.1 Å². The molecule has 124 valence electrons. The second-order valence-corrected chi connectivity index (χ2v) is 8.37. The van der Waals surface area contributed by atoms with Crippen LogP contribution in [0.1, 0.15) is 4.88 Å². The van der Waals surface area contributed by atoms with Crippen molar-refractivity contribution in [2.75, 3.05) is 12.4 Å². The Labute approximate surface area is 163 Å². The first-order valence-corrected chi connectivity index (χ1v) is 9.85. The van der Waals surface area contributed by atoms with E-state index in [1.807, 2.05) is 11.4 Å². The molecule has 1 amide bonds. The lowest BCUT2D eigenvalue weighted by Crippen LogP contribution is -2.26. The van der Waals surface area contributed by atoms with Crippen molar-refractivity contribution in [3.05, 3.63) is 61.1 Å². The third-order valence-electron chi connectivity index (χ3n) is 3.10. The molecule has 24 heavy (non-hydrogen) atoms. The number of halogens is 3. The highest BCUT2D eigenvalue weighted by Gasteiger charge is 2.21. The van der Waals surface area contributed by atoms with Gasteiger partial charge in [-0.05, 0) is 62.2 Å². The Balaban J connectivity index is 1.83. The van der Waals surface area contributed by atoms with Crippen molar-refractivity contribution in [2.45, 2.75) is 0 Å². The number of carbonyl (C=O) groups is 1. The van der Waals surface area contributed by atoms with Crippen LogP contribution < -0.4 is 5.32 Å². The fourth-order valence-electron chi connectivity index (χ4n) is 1.94. The van der Waals surface area contributed by atoms with Crippen LogP contribution in [0, 0.1) is 5.82 Å². The zero-order valence-electron chi connectivity index (χ0n) is 12.2. The summed E-state index contributed by atoms with van der Waals surface area (Å²) in [6.07, 6.45) is 1.74. The lowest BCUT2D eigenvalue weighted by Gasteiger charge is -2.22. The normalized spacial score (nSPS) is 14.2. The van der Waals surface area contributed by atoms with E-state index in [4.69, 9.17) is 0 Å². The molecule has 1 N–H and O–H groups in total. The van der Waals surface area contributed by atoms with Gasteiger partial charge in [0.15, 0.2) is 0 Å². The molecule has 9 heteroatoms. The highest BCUT2D eigenvalue weighted by Crippen LogP contribution is 2.29. The van der Waals surface area contributed by atoms with Crippen LogP contribution in [0.2, 0.25) is 0 Å². The van der Waals surface area contributed by atoms with Gasteiger partial charge in [-0.2, -0.15) is 4.40 Å². The fraction of sp³-hybridized carbons (Fsp3) is 0.0667. The SMILES string of the molecule is CN1SN=C(c2cc(Br)cs2)C=C1C(=O)Nc1ccc(F)c(Br)c1. The van der Waals surface area contributed by atoms with Gasteiger partial charge in [0, 0.05) is 22.6 Å². The lowest BCUT2D eigenvalue weighted by atomic mass is 10.2. The van der Waals surface area contributed by atoms with Crippen molar-refractivity contribution in [3.8, 4) is 0 Å². The average Bonchev–Trinajstić information content (AvgIpc) is 2.98. The summed E-state index contributed by atoms with van der Waals surface area (Å²) in [5, 5.41) is 4.73. The van der Waals surface area contributed by atoms with E-state index in [0.29, 0.717) is 15.9 Å². The summed E-state index contributed by atoms with van der Waals surface area (Å²) >= 11 is 9.27. The number of amides is 1.